The van der Waals surface area contributed by atoms with E-state index < -0.39 is 21.4 Å². The zero-order valence-corrected chi connectivity index (χ0v) is 17.5. The number of H-pyrrole nitrogens is 1. The molecule has 0 spiro atoms. The lowest BCUT2D eigenvalue weighted by atomic mass is 10.0. The summed E-state index contributed by atoms with van der Waals surface area (Å²) in [6.07, 6.45) is 2.92. The van der Waals surface area contributed by atoms with Gasteiger partial charge in [0.2, 0.25) is 10.0 Å². The first-order chi connectivity index (χ1) is 14.1. The van der Waals surface area contributed by atoms with E-state index in [4.69, 9.17) is 0 Å². The highest BCUT2D eigenvalue weighted by Crippen LogP contribution is 2.31. The van der Waals surface area contributed by atoms with E-state index in [1.54, 1.807) is 51.1 Å². The molecule has 31 heavy (non-hydrogen) atoms. The number of nitrogens with zero attached hydrogens (tertiary/aromatic N) is 3. The number of imidazole rings is 1. The number of hydrogen-bond acceptors (Lipinski definition) is 5. The molecule has 0 aliphatic rings. The summed E-state index contributed by atoms with van der Waals surface area (Å²) < 4.78 is 43.4. The van der Waals surface area contributed by atoms with Crippen LogP contribution < -0.4 is 4.72 Å². The molecule has 2 aromatic heterocycles. The maximum Gasteiger partial charge on any atom is 0.241 e. The van der Waals surface area contributed by atoms with Crippen molar-refractivity contribution in [3.63, 3.8) is 0 Å². The third kappa shape index (κ3) is 4.62. The van der Waals surface area contributed by atoms with E-state index in [0.717, 1.165) is 0 Å². The summed E-state index contributed by atoms with van der Waals surface area (Å²) in [6.45, 7) is 5.29. The maximum atomic E-state index is 15.0. The fourth-order valence-electron chi connectivity index (χ4n) is 3.15. The Morgan fingerprint density at radius 3 is 2.48 bits per heavy atom. The zero-order chi connectivity index (χ0) is 21.5. The number of fused-ring (bicyclic) bond motifs is 1. The summed E-state index contributed by atoms with van der Waals surface area (Å²) in [5.74, 6) is -0.531. The van der Waals surface area contributed by atoms with Gasteiger partial charge in [-0.3, -0.25) is 0 Å². The van der Waals surface area contributed by atoms with E-state index in [-0.39, 0.29) is 17.9 Å². The number of sulfonamides is 1. The predicted octanol–water partition coefficient (Wildman–Crippen LogP) is 4.54. The van der Waals surface area contributed by atoms with Crippen molar-refractivity contribution in [1.29, 1.82) is 0 Å². The number of benzene rings is 2. The van der Waals surface area contributed by atoms with Crippen molar-refractivity contribution in [2.24, 2.45) is 0 Å². The molecule has 0 unspecified atom stereocenters. The van der Waals surface area contributed by atoms with Crippen molar-refractivity contribution < 1.29 is 12.8 Å². The average Bonchev–Trinajstić information content (AvgIpc) is 3.14. The fraction of sp³-hybridized carbons (Fsp3) is 0.227. The second kappa shape index (κ2) is 8.16. The molecule has 0 saturated heterocycles. The predicted molar refractivity (Wildman–Crippen MR) is 119 cm³/mol. The average molecular weight is 442 g/mol. The van der Waals surface area contributed by atoms with Gasteiger partial charge in [0.15, 0.2) is 11.3 Å². The Kier molecular flexibility index (Phi) is 5.93. The van der Waals surface area contributed by atoms with Crippen molar-refractivity contribution in [2.75, 3.05) is 0 Å². The Labute approximate surface area is 180 Å². The van der Waals surface area contributed by atoms with E-state index in [1.165, 1.54) is 24.7 Å². The van der Waals surface area contributed by atoms with Crippen molar-refractivity contribution >= 4 is 21.3 Å². The zero-order valence-electron chi connectivity index (χ0n) is 16.6. The minimum atomic E-state index is -3.80. The van der Waals surface area contributed by atoms with Gasteiger partial charge >= 0.3 is 0 Å². The van der Waals surface area contributed by atoms with E-state index in [1.807, 2.05) is 0 Å². The van der Waals surface area contributed by atoms with Crippen molar-refractivity contribution in [3.8, 4) is 22.4 Å². The number of halogens is 1. The molecular weight excluding hydrogens is 417 g/mol. The van der Waals surface area contributed by atoms with Crippen LogP contribution in [0.2, 0.25) is 0 Å². The van der Waals surface area contributed by atoms with Crippen LogP contribution in [0.3, 0.4) is 0 Å². The second-order valence-electron chi connectivity index (χ2n) is 7.88. The molecule has 0 aliphatic carbocycles. The largest absolute Gasteiger partial charge is 0.328 e. The molecule has 4 aromatic rings. The molecule has 0 amide bonds. The van der Waals surface area contributed by atoms with Crippen LogP contribution in [0.15, 0.2) is 59.9 Å². The third-order valence-electron chi connectivity index (χ3n) is 4.31. The van der Waals surface area contributed by atoms with Crippen molar-refractivity contribution in [2.45, 2.75) is 38.6 Å². The Balaban J connectivity index is 0.00000272. The van der Waals surface area contributed by atoms with Crippen LogP contribution in [0.4, 0.5) is 4.39 Å². The Hall–Kier alpha value is -3.17. The molecule has 2 heterocycles. The first-order valence-corrected chi connectivity index (χ1v) is 10.7. The maximum absolute atomic E-state index is 15.0. The molecule has 2 N–H and O–H groups in total. The summed E-state index contributed by atoms with van der Waals surface area (Å²) in [7, 11) is -3.80. The topological polar surface area (TPSA) is 101 Å². The number of nitrogens with one attached hydrogen (secondary N) is 2. The van der Waals surface area contributed by atoms with E-state index in [9.17, 15) is 12.8 Å². The van der Waals surface area contributed by atoms with E-state index >= 15 is 0 Å². The highest BCUT2D eigenvalue weighted by molar-refractivity contribution is 7.89. The van der Waals surface area contributed by atoms with Crippen LogP contribution in [0.1, 0.15) is 28.2 Å². The van der Waals surface area contributed by atoms with Gasteiger partial charge in [-0.05, 0) is 44.5 Å². The van der Waals surface area contributed by atoms with Crippen LogP contribution in [-0.2, 0) is 10.0 Å². The lowest BCUT2D eigenvalue weighted by molar-refractivity contribution is 0.491. The van der Waals surface area contributed by atoms with E-state index in [0.29, 0.717) is 28.1 Å². The van der Waals surface area contributed by atoms with Gasteiger partial charge in [-0.1, -0.05) is 31.7 Å². The van der Waals surface area contributed by atoms with Gasteiger partial charge in [0.05, 0.1) is 23.1 Å². The lowest BCUT2D eigenvalue weighted by Gasteiger charge is -2.21. The smallest absolute Gasteiger partial charge is 0.241 e. The van der Waals surface area contributed by atoms with Crippen molar-refractivity contribution in [3.05, 3.63) is 60.8 Å². The Bertz CT molecular complexity index is 1340. The summed E-state index contributed by atoms with van der Waals surface area (Å²) >= 11 is 0. The summed E-state index contributed by atoms with van der Waals surface area (Å²) in [6, 6.07) is 11.1. The summed E-state index contributed by atoms with van der Waals surface area (Å²) in [4.78, 5) is 15.4. The monoisotopic (exact) mass is 441 g/mol. The van der Waals surface area contributed by atoms with E-state index in [2.05, 4.69) is 24.7 Å². The van der Waals surface area contributed by atoms with Crippen LogP contribution in [-0.4, -0.2) is 33.9 Å². The first kappa shape index (κ1) is 22.5. The van der Waals surface area contributed by atoms with Gasteiger partial charge in [-0.25, -0.2) is 32.5 Å². The van der Waals surface area contributed by atoms with Gasteiger partial charge < -0.3 is 4.98 Å². The van der Waals surface area contributed by atoms with Crippen LogP contribution in [0.25, 0.3) is 33.7 Å². The lowest BCUT2D eigenvalue weighted by Crippen LogP contribution is -2.40. The molecular formula is C22H24FN5O2S. The molecule has 9 heteroatoms. The van der Waals surface area contributed by atoms with Crippen molar-refractivity contribution in [1.82, 2.24) is 24.7 Å². The van der Waals surface area contributed by atoms with Gasteiger partial charge in [0.1, 0.15) is 5.82 Å². The summed E-state index contributed by atoms with van der Waals surface area (Å²) in [5.41, 5.74) is 1.73. The molecule has 0 saturated carbocycles. The highest BCUT2D eigenvalue weighted by atomic mass is 32.2. The Morgan fingerprint density at radius 1 is 1.03 bits per heavy atom. The molecule has 0 aliphatic heterocycles. The summed E-state index contributed by atoms with van der Waals surface area (Å²) in [5, 5.41) is 0. The molecule has 0 bridgehead atoms. The first-order valence-electron chi connectivity index (χ1n) is 9.23. The second-order valence-corrected chi connectivity index (χ2v) is 9.53. The molecule has 4 rings (SSSR count). The number of hydrogen-bond donors (Lipinski definition) is 2. The Morgan fingerprint density at radius 2 is 1.77 bits per heavy atom. The van der Waals surface area contributed by atoms with Gasteiger partial charge in [0.25, 0.3) is 0 Å². The van der Waals surface area contributed by atoms with Crippen LogP contribution >= 0.6 is 0 Å². The van der Waals surface area contributed by atoms with Gasteiger partial charge in [-0.15, -0.1) is 0 Å². The molecule has 2 aromatic carbocycles. The molecule has 0 fully saturated rings. The number of aromatic amines is 1. The molecule has 0 atom stereocenters. The standard InChI is InChI=1S/C21H20FN5O2S.CH4/c1-21(2,3)27-30(28,29)18-7-5-4-6-14(18)13-8-9-15(16(22)10-13)17-11-23-19-20(26-17)25-12-24-19;/h4-12,27H,1-3H3,(H,23,24,25,26);1H4. The SMILES string of the molecule is C.CC(C)(C)NS(=O)(=O)c1ccccc1-c1ccc(-c2cnc3nc[nH]c3n2)c(F)c1. The van der Waals surface area contributed by atoms with Gasteiger partial charge in [-0.2, -0.15) is 0 Å². The minimum Gasteiger partial charge on any atom is -0.328 e. The van der Waals surface area contributed by atoms with Crippen LogP contribution in [0.5, 0.6) is 0 Å². The van der Waals surface area contributed by atoms with Crippen LogP contribution in [0, 0.1) is 5.82 Å². The molecule has 7 nitrogen and oxygen atoms in total. The quantitative estimate of drug-likeness (QED) is 0.484. The fourth-order valence-corrected chi connectivity index (χ4v) is 4.80. The third-order valence-corrected chi connectivity index (χ3v) is 6.13. The molecule has 162 valence electrons. The van der Waals surface area contributed by atoms with Gasteiger partial charge in [0, 0.05) is 16.7 Å². The number of aromatic nitrogens is 4. The number of rotatable bonds is 4. The normalized spacial score (nSPS) is 12.0. The minimum absolute atomic E-state index is 0. The highest BCUT2D eigenvalue weighted by Gasteiger charge is 2.25. The molecule has 0 radical (unpaired) electrons.